The van der Waals surface area contributed by atoms with Gasteiger partial charge in [-0.2, -0.15) is 0 Å². The molecule has 1 aromatic carbocycles. The number of methoxy groups -OCH3 is 2. The van der Waals surface area contributed by atoms with Crippen LogP contribution in [0.15, 0.2) is 30.6 Å². The number of urea groups is 1. The number of nitrogens with zero attached hydrogens (tertiary/aromatic N) is 2. The van der Waals surface area contributed by atoms with E-state index in [0.29, 0.717) is 18.7 Å². The van der Waals surface area contributed by atoms with Gasteiger partial charge in [0.15, 0.2) is 0 Å². The zero-order valence-electron chi connectivity index (χ0n) is 14.1. The number of H-pyrrole nitrogens is 1. The second kappa shape index (κ2) is 7.25. The van der Waals surface area contributed by atoms with E-state index in [2.05, 4.69) is 20.0 Å². The first kappa shape index (κ1) is 16.8. The van der Waals surface area contributed by atoms with Gasteiger partial charge in [0.05, 0.1) is 26.2 Å². The molecule has 1 unspecified atom stereocenters. The minimum Gasteiger partial charge on any atom is -0.497 e. The molecule has 1 aliphatic rings. The van der Waals surface area contributed by atoms with Crippen LogP contribution in [0, 0.1) is 0 Å². The van der Waals surface area contributed by atoms with Gasteiger partial charge in [0.1, 0.15) is 18.3 Å². The summed E-state index contributed by atoms with van der Waals surface area (Å²) < 4.78 is 9.86. The predicted octanol–water partition coefficient (Wildman–Crippen LogP) is 1.25. The fourth-order valence-electron chi connectivity index (χ4n) is 2.97. The molecule has 2 N–H and O–H groups in total. The van der Waals surface area contributed by atoms with E-state index in [-0.39, 0.29) is 18.6 Å². The lowest BCUT2D eigenvalue weighted by Crippen LogP contribution is -2.47. The van der Waals surface area contributed by atoms with Crippen LogP contribution in [0.5, 0.6) is 5.75 Å². The lowest BCUT2D eigenvalue weighted by atomic mass is 9.96. The van der Waals surface area contributed by atoms with Gasteiger partial charge in [-0.1, -0.05) is 12.1 Å². The average Bonchev–Trinajstić information content (AvgIpc) is 3.13. The molecule has 0 aliphatic carbocycles. The SMILES string of the molecule is COC(=O)CNC(=O)N1CCc2[nH]cnc2C1c1cccc(OC)c1. The standard InChI is InChI=1S/C17H20N4O4/c1-24-12-5-3-4-11(8-12)16-15-13(19-10-20-15)6-7-21(16)17(23)18-9-14(22)25-2/h3-5,8,10,16H,6-7,9H2,1-2H3,(H,18,23)(H,19,20). The third kappa shape index (κ3) is 3.42. The molecule has 1 atom stereocenters. The molecule has 0 saturated carbocycles. The van der Waals surface area contributed by atoms with E-state index < -0.39 is 5.97 Å². The Labute approximate surface area is 145 Å². The van der Waals surface area contributed by atoms with E-state index in [1.165, 1.54) is 7.11 Å². The Morgan fingerprint density at radius 3 is 3.00 bits per heavy atom. The molecular formula is C17H20N4O4. The van der Waals surface area contributed by atoms with Gasteiger partial charge in [0.25, 0.3) is 0 Å². The third-order valence-electron chi connectivity index (χ3n) is 4.21. The lowest BCUT2D eigenvalue weighted by molar-refractivity contribution is -0.139. The Hall–Kier alpha value is -3.03. The van der Waals surface area contributed by atoms with E-state index in [1.54, 1.807) is 18.3 Å². The van der Waals surface area contributed by atoms with Crippen molar-refractivity contribution in [2.75, 3.05) is 27.3 Å². The van der Waals surface area contributed by atoms with Gasteiger partial charge in [-0.15, -0.1) is 0 Å². The molecule has 0 fully saturated rings. The number of imidazole rings is 1. The van der Waals surface area contributed by atoms with Crippen molar-refractivity contribution in [1.29, 1.82) is 0 Å². The largest absolute Gasteiger partial charge is 0.497 e. The van der Waals surface area contributed by atoms with Crippen molar-refractivity contribution in [3.8, 4) is 5.75 Å². The van der Waals surface area contributed by atoms with Gasteiger partial charge in [-0.3, -0.25) is 4.79 Å². The van der Waals surface area contributed by atoms with Gasteiger partial charge in [-0.25, -0.2) is 9.78 Å². The summed E-state index contributed by atoms with van der Waals surface area (Å²) in [6.07, 6.45) is 2.30. The number of hydrogen-bond donors (Lipinski definition) is 2. The molecule has 2 amide bonds. The maximum Gasteiger partial charge on any atom is 0.325 e. The monoisotopic (exact) mass is 344 g/mol. The number of hydrogen-bond acceptors (Lipinski definition) is 5. The quantitative estimate of drug-likeness (QED) is 0.814. The van der Waals surface area contributed by atoms with Crippen molar-refractivity contribution >= 4 is 12.0 Å². The fraction of sp³-hybridized carbons (Fsp3) is 0.353. The number of aromatic amines is 1. The van der Waals surface area contributed by atoms with Crippen molar-refractivity contribution in [1.82, 2.24) is 20.2 Å². The first-order chi connectivity index (χ1) is 12.1. The summed E-state index contributed by atoms with van der Waals surface area (Å²) in [5.74, 6) is 0.207. The number of nitrogens with one attached hydrogen (secondary N) is 2. The normalized spacial score (nSPS) is 16.1. The fourth-order valence-corrected chi connectivity index (χ4v) is 2.97. The number of rotatable bonds is 4. The Bertz CT molecular complexity index is 774. The van der Waals surface area contributed by atoms with Gasteiger partial charge < -0.3 is 24.7 Å². The molecule has 1 aliphatic heterocycles. The number of fused-ring (bicyclic) bond motifs is 1. The number of aromatic nitrogens is 2. The van der Waals surface area contributed by atoms with Crippen molar-refractivity contribution in [3.05, 3.63) is 47.5 Å². The number of amides is 2. The highest BCUT2D eigenvalue weighted by Gasteiger charge is 2.34. The van der Waals surface area contributed by atoms with Gasteiger partial charge in [0.2, 0.25) is 0 Å². The lowest BCUT2D eigenvalue weighted by Gasteiger charge is -2.35. The van der Waals surface area contributed by atoms with Crippen LogP contribution in [0.25, 0.3) is 0 Å². The molecule has 1 aromatic heterocycles. The Kier molecular flexibility index (Phi) is 4.87. The summed E-state index contributed by atoms with van der Waals surface area (Å²) in [7, 11) is 2.88. The molecule has 132 valence electrons. The summed E-state index contributed by atoms with van der Waals surface area (Å²) in [6, 6.07) is 6.83. The molecule has 2 heterocycles. The van der Waals surface area contributed by atoms with E-state index in [1.807, 2.05) is 24.3 Å². The zero-order valence-corrected chi connectivity index (χ0v) is 14.1. The Morgan fingerprint density at radius 2 is 2.24 bits per heavy atom. The van der Waals surface area contributed by atoms with Crippen molar-refractivity contribution in [2.45, 2.75) is 12.5 Å². The second-order valence-electron chi connectivity index (χ2n) is 5.62. The maximum atomic E-state index is 12.6. The first-order valence-corrected chi connectivity index (χ1v) is 7.91. The van der Waals surface area contributed by atoms with Crippen LogP contribution in [0.2, 0.25) is 0 Å². The molecular weight excluding hydrogens is 324 g/mol. The molecule has 25 heavy (non-hydrogen) atoms. The molecule has 0 saturated heterocycles. The minimum absolute atomic E-state index is 0.177. The maximum absolute atomic E-state index is 12.6. The van der Waals surface area contributed by atoms with Crippen LogP contribution < -0.4 is 10.1 Å². The number of ether oxygens (including phenoxy) is 2. The van der Waals surface area contributed by atoms with Crippen molar-refractivity contribution in [2.24, 2.45) is 0 Å². The van der Waals surface area contributed by atoms with Crippen LogP contribution >= 0.6 is 0 Å². The number of carbonyl (C=O) groups excluding carboxylic acids is 2. The predicted molar refractivity (Wildman–Crippen MR) is 89.2 cm³/mol. The second-order valence-corrected chi connectivity index (χ2v) is 5.62. The zero-order chi connectivity index (χ0) is 17.8. The highest BCUT2D eigenvalue weighted by atomic mass is 16.5. The number of carbonyl (C=O) groups is 2. The van der Waals surface area contributed by atoms with Gasteiger partial charge >= 0.3 is 12.0 Å². The van der Waals surface area contributed by atoms with E-state index in [0.717, 1.165) is 17.0 Å². The number of benzene rings is 1. The van der Waals surface area contributed by atoms with E-state index in [9.17, 15) is 9.59 Å². The first-order valence-electron chi connectivity index (χ1n) is 7.91. The summed E-state index contributed by atoms with van der Waals surface area (Å²) in [6.45, 7) is 0.328. The third-order valence-corrected chi connectivity index (χ3v) is 4.21. The molecule has 0 spiro atoms. The minimum atomic E-state index is -0.497. The van der Waals surface area contributed by atoms with E-state index >= 15 is 0 Å². The Morgan fingerprint density at radius 1 is 1.40 bits per heavy atom. The van der Waals surface area contributed by atoms with Gasteiger partial charge in [0, 0.05) is 18.7 Å². The van der Waals surface area contributed by atoms with Gasteiger partial charge in [-0.05, 0) is 17.7 Å². The summed E-state index contributed by atoms with van der Waals surface area (Å²) in [4.78, 5) is 33.1. The summed E-state index contributed by atoms with van der Waals surface area (Å²) >= 11 is 0. The van der Waals surface area contributed by atoms with Crippen molar-refractivity contribution in [3.63, 3.8) is 0 Å². The van der Waals surface area contributed by atoms with Crippen molar-refractivity contribution < 1.29 is 19.1 Å². The molecule has 2 aromatic rings. The topological polar surface area (TPSA) is 96.6 Å². The molecule has 8 heteroatoms. The molecule has 8 nitrogen and oxygen atoms in total. The van der Waals surface area contributed by atoms with E-state index in [4.69, 9.17) is 4.74 Å². The molecule has 0 radical (unpaired) electrons. The smallest absolute Gasteiger partial charge is 0.325 e. The molecule has 3 rings (SSSR count). The van der Waals surface area contributed by atoms with Crippen LogP contribution in [0.3, 0.4) is 0 Å². The summed E-state index contributed by atoms with van der Waals surface area (Å²) in [5, 5.41) is 2.60. The Balaban J connectivity index is 1.91. The summed E-state index contributed by atoms with van der Waals surface area (Å²) in [5.41, 5.74) is 2.69. The van der Waals surface area contributed by atoms with Crippen LogP contribution in [-0.4, -0.2) is 54.2 Å². The molecule has 0 bridgehead atoms. The van der Waals surface area contributed by atoms with Crippen LogP contribution in [-0.2, 0) is 16.0 Å². The highest BCUT2D eigenvalue weighted by molar-refractivity contribution is 5.81. The number of esters is 1. The average molecular weight is 344 g/mol. The van der Waals surface area contributed by atoms with Crippen LogP contribution in [0.4, 0.5) is 4.79 Å². The highest BCUT2D eigenvalue weighted by Crippen LogP contribution is 2.34. The van der Waals surface area contributed by atoms with Crippen LogP contribution in [0.1, 0.15) is 23.0 Å².